The minimum Gasteiger partial charge on any atom is -0.423 e. The first-order valence-corrected chi connectivity index (χ1v) is 9.51. The lowest BCUT2D eigenvalue weighted by molar-refractivity contribution is -0.121. The third-order valence-electron chi connectivity index (χ3n) is 4.41. The summed E-state index contributed by atoms with van der Waals surface area (Å²) < 4.78 is 5.47. The van der Waals surface area contributed by atoms with E-state index in [0.717, 1.165) is 5.56 Å². The van der Waals surface area contributed by atoms with Gasteiger partial charge in [0.1, 0.15) is 11.8 Å². The largest absolute Gasteiger partial charge is 0.423 e. The average molecular weight is 389 g/mol. The highest BCUT2D eigenvalue weighted by molar-refractivity contribution is 6.06. The van der Waals surface area contributed by atoms with Crippen molar-refractivity contribution in [3.05, 3.63) is 70.8 Å². The van der Waals surface area contributed by atoms with Crippen LogP contribution in [0.2, 0.25) is 0 Å². The van der Waals surface area contributed by atoms with E-state index in [0.29, 0.717) is 16.9 Å². The predicted molar refractivity (Wildman–Crippen MR) is 115 cm³/mol. The van der Waals surface area contributed by atoms with Crippen LogP contribution in [0.4, 0.5) is 0 Å². The van der Waals surface area contributed by atoms with Gasteiger partial charge < -0.3 is 4.74 Å². The van der Waals surface area contributed by atoms with E-state index in [1.54, 1.807) is 57.2 Å². The molecule has 0 unspecified atom stereocenters. The van der Waals surface area contributed by atoms with Crippen molar-refractivity contribution in [3.8, 4) is 11.8 Å². The van der Waals surface area contributed by atoms with E-state index in [1.807, 2.05) is 18.2 Å². The van der Waals surface area contributed by atoms with E-state index < -0.39 is 11.4 Å². The molecule has 0 spiro atoms. The molecule has 0 aromatic heterocycles. The van der Waals surface area contributed by atoms with Gasteiger partial charge in [-0.15, -0.1) is 0 Å². The highest BCUT2D eigenvalue weighted by atomic mass is 16.5. The van der Waals surface area contributed by atoms with Gasteiger partial charge in [0.15, 0.2) is 5.78 Å². The van der Waals surface area contributed by atoms with Crippen molar-refractivity contribution < 1.29 is 14.3 Å². The van der Waals surface area contributed by atoms with E-state index in [2.05, 4.69) is 20.8 Å². The Balaban J connectivity index is 2.21. The van der Waals surface area contributed by atoms with E-state index in [1.165, 1.54) is 6.08 Å². The van der Waals surface area contributed by atoms with Gasteiger partial charge in [0.25, 0.3) is 0 Å². The molecular weight excluding hydrogens is 362 g/mol. The molecule has 150 valence electrons. The topological polar surface area (TPSA) is 67.2 Å². The van der Waals surface area contributed by atoms with Crippen LogP contribution in [0.3, 0.4) is 0 Å². The first-order chi connectivity index (χ1) is 13.4. The second-order valence-corrected chi connectivity index (χ2v) is 9.04. The summed E-state index contributed by atoms with van der Waals surface area (Å²) in [7, 11) is 0. The van der Waals surface area contributed by atoms with Crippen LogP contribution >= 0.6 is 0 Å². The standard InChI is InChI=1S/C25H27NO3/c1-24(2,3)20-12-10-18(11-13-20)23(28)29-21-9-7-8-17(15-21)14-19(16-26)22(27)25(4,5)6/h7-15H,1-6H3. The zero-order valence-corrected chi connectivity index (χ0v) is 17.9. The lowest BCUT2D eigenvalue weighted by atomic mass is 9.86. The fourth-order valence-electron chi connectivity index (χ4n) is 2.66. The van der Waals surface area contributed by atoms with Gasteiger partial charge in [-0.1, -0.05) is 65.8 Å². The summed E-state index contributed by atoms with van der Waals surface area (Å²) in [4.78, 5) is 24.8. The maximum absolute atomic E-state index is 12.5. The molecule has 29 heavy (non-hydrogen) atoms. The Bertz CT molecular complexity index is 978. The molecule has 0 bridgehead atoms. The number of rotatable bonds is 4. The Morgan fingerprint density at radius 3 is 2.10 bits per heavy atom. The quantitative estimate of drug-likeness (QED) is 0.290. The van der Waals surface area contributed by atoms with Gasteiger partial charge >= 0.3 is 5.97 Å². The molecule has 0 atom stereocenters. The van der Waals surface area contributed by atoms with Crippen LogP contribution < -0.4 is 4.74 Å². The molecule has 0 aliphatic rings. The molecule has 0 fully saturated rings. The lowest BCUT2D eigenvalue weighted by Crippen LogP contribution is -2.21. The van der Waals surface area contributed by atoms with Gasteiger partial charge in [-0.3, -0.25) is 4.79 Å². The Kier molecular flexibility index (Phi) is 6.44. The van der Waals surface area contributed by atoms with Gasteiger partial charge in [0.05, 0.1) is 11.1 Å². The highest BCUT2D eigenvalue weighted by Gasteiger charge is 2.25. The van der Waals surface area contributed by atoms with Crippen molar-refractivity contribution >= 4 is 17.8 Å². The van der Waals surface area contributed by atoms with Crippen LogP contribution in [-0.2, 0) is 10.2 Å². The second kappa shape index (κ2) is 8.45. The molecule has 2 rings (SSSR count). The Labute approximate surface area is 172 Å². The van der Waals surface area contributed by atoms with Crippen LogP contribution in [0.5, 0.6) is 5.75 Å². The maximum Gasteiger partial charge on any atom is 0.343 e. The van der Waals surface area contributed by atoms with E-state index in [4.69, 9.17) is 4.74 Å². The number of ketones is 1. The third-order valence-corrected chi connectivity index (χ3v) is 4.41. The number of allylic oxidation sites excluding steroid dienone is 1. The minimum absolute atomic E-state index is 0.00599. The summed E-state index contributed by atoms with van der Waals surface area (Å²) in [5.74, 6) is -0.344. The van der Waals surface area contributed by atoms with E-state index >= 15 is 0 Å². The van der Waals surface area contributed by atoms with Gasteiger partial charge in [0.2, 0.25) is 0 Å². The van der Waals surface area contributed by atoms with Crippen molar-refractivity contribution in [2.75, 3.05) is 0 Å². The molecule has 0 aliphatic carbocycles. The second-order valence-electron chi connectivity index (χ2n) is 9.04. The van der Waals surface area contributed by atoms with Gasteiger partial charge in [-0.2, -0.15) is 5.26 Å². The number of hydrogen-bond acceptors (Lipinski definition) is 4. The zero-order valence-electron chi connectivity index (χ0n) is 17.9. The molecule has 4 nitrogen and oxygen atoms in total. The molecule has 2 aromatic carbocycles. The summed E-state index contributed by atoms with van der Waals surface area (Å²) in [6, 6.07) is 16.1. The lowest BCUT2D eigenvalue weighted by Gasteiger charge is -2.18. The first-order valence-electron chi connectivity index (χ1n) is 9.51. The molecule has 2 aromatic rings. The van der Waals surface area contributed by atoms with E-state index in [9.17, 15) is 14.9 Å². The van der Waals surface area contributed by atoms with Crippen LogP contribution in [0.1, 0.15) is 63.0 Å². The Morgan fingerprint density at radius 2 is 1.59 bits per heavy atom. The van der Waals surface area contributed by atoms with Crippen LogP contribution in [0.15, 0.2) is 54.1 Å². The monoisotopic (exact) mass is 389 g/mol. The fraction of sp³-hybridized carbons (Fsp3) is 0.320. The number of nitrogens with zero attached hydrogens (tertiary/aromatic N) is 1. The highest BCUT2D eigenvalue weighted by Crippen LogP contribution is 2.24. The minimum atomic E-state index is -0.648. The van der Waals surface area contributed by atoms with Crippen molar-refractivity contribution in [3.63, 3.8) is 0 Å². The number of nitriles is 1. The van der Waals surface area contributed by atoms with Crippen molar-refractivity contribution in [1.29, 1.82) is 5.26 Å². The molecule has 0 radical (unpaired) electrons. The molecule has 4 heteroatoms. The number of benzene rings is 2. The molecule has 0 saturated carbocycles. The van der Waals surface area contributed by atoms with Crippen LogP contribution in [0.25, 0.3) is 6.08 Å². The number of carbonyl (C=O) groups is 2. The Hall–Kier alpha value is -3.19. The summed E-state index contributed by atoms with van der Waals surface area (Å²) in [6.45, 7) is 11.6. The first kappa shape index (κ1) is 22.1. The maximum atomic E-state index is 12.5. The number of hydrogen-bond donors (Lipinski definition) is 0. The Morgan fingerprint density at radius 1 is 0.966 bits per heavy atom. The summed E-state index contributed by atoms with van der Waals surface area (Å²) in [5, 5.41) is 9.34. The number of ether oxygens (including phenoxy) is 1. The molecule has 0 saturated heterocycles. The summed E-state index contributed by atoms with van der Waals surface area (Å²) in [5.41, 5.74) is 1.64. The van der Waals surface area contributed by atoms with Gasteiger partial charge in [-0.25, -0.2) is 4.79 Å². The number of esters is 1. The van der Waals surface area contributed by atoms with Gasteiger partial charge in [-0.05, 0) is 46.9 Å². The molecular formula is C25H27NO3. The van der Waals surface area contributed by atoms with E-state index in [-0.39, 0.29) is 16.8 Å². The molecule has 0 heterocycles. The van der Waals surface area contributed by atoms with Crippen LogP contribution in [0, 0.1) is 16.7 Å². The molecule has 0 amide bonds. The predicted octanol–water partition coefficient (Wildman–Crippen LogP) is 5.73. The summed E-state index contributed by atoms with van der Waals surface area (Å²) >= 11 is 0. The number of carbonyl (C=O) groups excluding carboxylic acids is 2. The van der Waals surface area contributed by atoms with Crippen LogP contribution in [-0.4, -0.2) is 11.8 Å². The SMILES string of the molecule is CC(C)(C)C(=O)C(C#N)=Cc1cccc(OC(=O)c2ccc(C(C)(C)C)cc2)c1. The average Bonchev–Trinajstić information content (AvgIpc) is 2.64. The van der Waals surface area contributed by atoms with Crippen molar-refractivity contribution in [2.45, 2.75) is 47.0 Å². The third kappa shape index (κ3) is 5.89. The fourth-order valence-corrected chi connectivity index (χ4v) is 2.66. The molecule has 0 aliphatic heterocycles. The van der Waals surface area contributed by atoms with Crippen molar-refractivity contribution in [2.24, 2.45) is 5.41 Å². The summed E-state index contributed by atoms with van der Waals surface area (Å²) in [6.07, 6.45) is 1.52. The van der Waals surface area contributed by atoms with Gasteiger partial charge in [0, 0.05) is 5.41 Å². The van der Waals surface area contributed by atoms with Crippen molar-refractivity contribution in [1.82, 2.24) is 0 Å². The smallest absolute Gasteiger partial charge is 0.343 e. The zero-order chi connectivity index (χ0) is 21.8. The number of Topliss-reactive ketones (excluding diaryl/α,β-unsaturated/α-hetero) is 1. The molecule has 0 N–H and O–H groups in total. The normalized spacial score (nSPS) is 12.2.